The highest BCUT2D eigenvalue weighted by Crippen LogP contribution is 2.05. The van der Waals surface area contributed by atoms with E-state index in [1.54, 1.807) is 7.11 Å². The molecule has 1 heterocycles. The summed E-state index contributed by atoms with van der Waals surface area (Å²) >= 11 is 0. The Morgan fingerprint density at radius 3 is 3.18 bits per heavy atom. The number of aliphatic imine (C=N–C) groups is 1. The van der Waals surface area contributed by atoms with Crippen LogP contribution in [0.25, 0.3) is 0 Å². The van der Waals surface area contributed by atoms with E-state index in [0.29, 0.717) is 6.10 Å². The topological polar surface area (TPSA) is 30.8 Å². The largest absolute Gasteiger partial charge is 0.484 e. The quantitative estimate of drug-likeness (QED) is 0.573. The Morgan fingerprint density at radius 2 is 2.55 bits per heavy atom. The Labute approximate surface area is 67.4 Å². The summed E-state index contributed by atoms with van der Waals surface area (Å²) in [6.45, 7) is 3.60. The Hall–Kier alpha value is -0.570. The summed E-state index contributed by atoms with van der Waals surface area (Å²) in [5.74, 6) is 0.820. The van der Waals surface area contributed by atoms with Crippen LogP contribution in [-0.2, 0) is 9.47 Å². The van der Waals surface area contributed by atoms with Crippen molar-refractivity contribution in [2.45, 2.75) is 25.9 Å². The highest BCUT2D eigenvalue weighted by molar-refractivity contribution is 5.76. The average molecular weight is 157 g/mol. The fourth-order valence-electron chi connectivity index (χ4n) is 1.06. The molecule has 0 N–H and O–H groups in total. The van der Waals surface area contributed by atoms with E-state index >= 15 is 0 Å². The molecule has 0 saturated heterocycles. The van der Waals surface area contributed by atoms with E-state index in [1.165, 1.54) is 0 Å². The van der Waals surface area contributed by atoms with Crippen molar-refractivity contribution in [3.63, 3.8) is 0 Å². The van der Waals surface area contributed by atoms with Crippen molar-refractivity contribution in [2.75, 3.05) is 20.3 Å². The van der Waals surface area contributed by atoms with E-state index in [-0.39, 0.29) is 0 Å². The fourth-order valence-corrected chi connectivity index (χ4v) is 1.06. The summed E-state index contributed by atoms with van der Waals surface area (Å²) in [7, 11) is 1.66. The Kier molecular flexibility index (Phi) is 3.36. The minimum Gasteiger partial charge on any atom is -0.484 e. The zero-order valence-electron chi connectivity index (χ0n) is 7.17. The fraction of sp³-hybridized carbons (Fsp3) is 0.875. The standard InChI is InChI=1S/C8H15NO2/c1-3-7-6-9-8(10-2)4-5-11-7/h7H,3-6H2,1-2H3/t7-/m1/s1. The molecule has 0 aromatic carbocycles. The third-order valence-corrected chi connectivity index (χ3v) is 1.83. The minimum absolute atomic E-state index is 0.294. The zero-order chi connectivity index (χ0) is 8.10. The molecule has 1 atom stereocenters. The lowest BCUT2D eigenvalue weighted by molar-refractivity contribution is 0.0655. The number of hydrogen-bond acceptors (Lipinski definition) is 3. The van der Waals surface area contributed by atoms with Crippen molar-refractivity contribution in [3.8, 4) is 0 Å². The normalized spacial score (nSPS) is 25.6. The number of methoxy groups -OCH3 is 1. The first kappa shape index (κ1) is 8.53. The predicted molar refractivity (Wildman–Crippen MR) is 44.0 cm³/mol. The van der Waals surface area contributed by atoms with Gasteiger partial charge in [-0.05, 0) is 6.42 Å². The highest BCUT2D eigenvalue weighted by Gasteiger charge is 2.11. The molecule has 1 rings (SSSR count). The maximum atomic E-state index is 5.49. The minimum atomic E-state index is 0.294. The van der Waals surface area contributed by atoms with Crippen LogP contribution in [0.5, 0.6) is 0 Å². The molecule has 3 heteroatoms. The lowest BCUT2D eigenvalue weighted by Crippen LogP contribution is -2.13. The van der Waals surface area contributed by atoms with Gasteiger partial charge in [-0.25, -0.2) is 0 Å². The van der Waals surface area contributed by atoms with Gasteiger partial charge >= 0.3 is 0 Å². The lowest BCUT2D eigenvalue weighted by atomic mass is 10.3. The van der Waals surface area contributed by atoms with E-state index in [0.717, 1.165) is 31.9 Å². The SMILES string of the molecule is CC[C@@H]1CN=C(OC)CCO1. The van der Waals surface area contributed by atoms with Gasteiger partial charge in [0.2, 0.25) is 0 Å². The van der Waals surface area contributed by atoms with Crippen LogP contribution in [0.3, 0.4) is 0 Å². The van der Waals surface area contributed by atoms with Gasteiger partial charge in [0.1, 0.15) is 0 Å². The Balaban J connectivity index is 2.42. The van der Waals surface area contributed by atoms with Gasteiger partial charge in [-0.1, -0.05) is 6.92 Å². The van der Waals surface area contributed by atoms with Gasteiger partial charge in [-0.2, -0.15) is 0 Å². The van der Waals surface area contributed by atoms with E-state index < -0.39 is 0 Å². The lowest BCUT2D eigenvalue weighted by Gasteiger charge is -2.08. The molecule has 0 aromatic heterocycles. The molecular formula is C8H15NO2. The molecule has 0 fully saturated rings. The molecule has 0 amide bonds. The first-order valence-electron chi connectivity index (χ1n) is 4.05. The summed E-state index contributed by atoms with van der Waals surface area (Å²) in [5.41, 5.74) is 0. The first-order chi connectivity index (χ1) is 5.36. The second-order valence-corrected chi connectivity index (χ2v) is 2.59. The average Bonchev–Trinajstić information content (AvgIpc) is 2.28. The first-order valence-corrected chi connectivity index (χ1v) is 4.05. The second-order valence-electron chi connectivity index (χ2n) is 2.59. The van der Waals surface area contributed by atoms with Gasteiger partial charge in [0.25, 0.3) is 0 Å². The van der Waals surface area contributed by atoms with Crippen LogP contribution in [0.2, 0.25) is 0 Å². The summed E-state index contributed by atoms with van der Waals surface area (Å²) in [6, 6.07) is 0. The maximum absolute atomic E-state index is 5.49. The highest BCUT2D eigenvalue weighted by atomic mass is 16.5. The molecule has 0 aliphatic carbocycles. The van der Waals surface area contributed by atoms with Crippen molar-refractivity contribution < 1.29 is 9.47 Å². The molecule has 0 aromatic rings. The number of hydrogen-bond donors (Lipinski definition) is 0. The summed E-state index contributed by atoms with van der Waals surface area (Å²) in [6.07, 6.45) is 2.13. The molecule has 11 heavy (non-hydrogen) atoms. The van der Waals surface area contributed by atoms with E-state index in [2.05, 4.69) is 11.9 Å². The Bertz CT molecular complexity index is 145. The molecule has 0 radical (unpaired) electrons. The Morgan fingerprint density at radius 1 is 1.73 bits per heavy atom. The molecule has 3 nitrogen and oxygen atoms in total. The van der Waals surface area contributed by atoms with Crippen LogP contribution in [-0.4, -0.2) is 32.3 Å². The molecule has 0 saturated carbocycles. The number of ether oxygens (including phenoxy) is 2. The maximum Gasteiger partial charge on any atom is 0.185 e. The van der Waals surface area contributed by atoms with Gasteiger partial charge in [-0.15, -0.1) is 0 Å². The van der Waals surface area contributed by atoms with Gasteiger partial charge < -0.3 is 9.47 Å². The smallest absolute Gasteiger partial charge is 0.185 e. The van der Waals surface area contributed by atoms with Crippen LogP contribution < -0.4 is 0 Å². The second kappa shape index (κ2) is 4.34. The third-order valence-electron chi connectivity index (χ3n) is 1.83. The summed E-state index contributed by atoms with van der Waals surface area (Å²) < 4.78 is 10.5. The van der Waals surface area contributed by atoms with E-state index in [4.69, 9.17) is 9.47 Å². The van der Waals surface area contributed by atoms with Gasteiger partial charge in [0.15, 0.2) is 5.90 Å². The van der Waals surface area contributed by atoms with Crippen LogP contribution in [0, 0.1) is 0 Å². The van der Waals surface area contributed by atoms with Crippen molar-refractivity contribution in [2.24, 2.45) is 4.99 Å². The summed E-state index contributed by atoms with van der Waals surface area (Å²) in [5, 5.41) is 0. The van der Waals surface area contributed by atoms with Crippen LogP contribution in [0.1, 0.15) is 19.8 Å². The molecular weight excluding hydrogens is 142 g/mol. The molecule has 0 bridgehead atoms. The predicted octanol–water partition coefficient (Wildman–Crippen LogP) is 1.23. The van der Waals surface area contributed by atoms with Crippen LogP contribution in [0.15, 0.2) is 4.99 Å². The van der Waals surface area contributed by atoms with Crippen molar-refractivity contribution in [1.29, 1.82) is 0 Å². The third kappa shape index (κ3) is 2.50. The van der Waals surface area contributed by atoms with Crippen LogP contribution >= 0.6 is 0 Å². The van der Waals surface area contributed by atoms with Crippen molar-refractivity contribution in [3.05, 3.63) is 0 Å². The molecule has 0 unspecified atom stereocenters. The van der Waals surface area contributed by atoms with Crippen molar-refractivity contribution >= 4 is 5.90 Å². The van der Waals surface area contributed by atoms with Gasteiger partial charge in [0, 0.05) is 6.42 Å². The zero-order valence-corrected chi connectivity index (χ0v) is 7.17. The van der Waals surface area contributed by atoms with Gasteiger partial charge in [-0.3, -0.25) is 4.99 Å². The van der Waals surface area contributed by atoms with Crippen molar-refractivity contribution in [1.82, 2.24) is 0 Å². The van der Waals surface area contributed by atoms with Gasteiger partial charge in [0.05, 0.1) is 26.4 Å². The number of nitrogens with zero attached hydrogens (tertiary/aromatic N) is 1. The van der Waals surface area contributed by atoms with Crippen LogP contribution in [0.4, 0.5) is 0 Å². The number of rotatable bonds is 1. The van der Waals surface area contributed by atoms with E-state index in [9.17, 15) is 0 Å². The molecule has 1 aliphatic heterocycles. The van der Waals surface area contributed by atoms with E-state index in [1.807, 2.05) is 0 Å². The molecule has 64 valence electrons. The summed E-state index contributed by atoms with van der Waals surface area (Å²) in [4.78, 5) is 4.26. The molecule has 1 aliphatic rings. The molecule has 0 spiro atoms. The monoisotopic (exact) mass is 157 g/mol.